The lowest BCUT2D eigenvalue weighted by Gasteiger charge is -2.38. The molecular formula is C16H18F2N2O3S2. The Morgan fingerprint density at radius 3 is 2.80 bits per heavy atom. The zero-order chi connectivity index (χ0) is 17.7. The van der Waals surface area contributed by atoms with E-state index in [-0.39, 0.29) is 31.7 Å². The fourth-order valence-electron chi connectivity index (χ4n) is 3.44. The first-order valence-corrected chi connectivity index (χ1v) is 10.6. The topological polar surface area (TPSA) is 59.5 Å². The van der Waals surface area contributed by atoms with Crippen molar-refractivity contribution in [3.8, 4) is 0 Å². The molecule has 5 nitrogen and oxygen atoms in total. The van der Waals surface area contributed by atoms with Crippen LogP contribution in [0.15, 0.2) is 24.3 Å². The number of nitrogens with zero attached hydrogens (tertiary/aromatic N) is 2. The number of aromatic nitrogens is 1. The van der Waals surface area contributed by atoms with Gasteiger partial charge in [0.1, 0.15) is 5.01 Å². The van der Waals surface area contributed by atoms with Crippen LogP contribution >= 0.6 is 11.3 Å². The van der Waals surface area contributed by atoms with Crippen molar-refractivity contribution in [1.82, 2.24) is 9.29 Å². The monoisotopic (exact) mass is 388 g/mol. The molecule has 2 aliphatic rings. The van der Waals surface area contributed by atoms with Crippen LogP contribution in [-0.2, 0) is 14.8 Å². The lowest BCUT2D eigenvalue weighted by molar-refractivity contribution is -0.104. The first-order valence-electron chi connectivity index (χ1n) is 8.15. The maximum absolute atomic E-state index is 13.0. The summed E-state index contributed by atoms with van der Waals surface area (Å²) in [5.74, 6) is -3.42. The number of fused-ring (bicyclic) bond motifs is 1. The first-order chi connectivity index (χ1) is 11.8. The molecule has 2 heterocycles. The molecule has 0 amide bonds. The van der Waals surface area contributed by atoms with Crippen molar-refractivity contribution in [3.05, 3.63) is 29.3 Å². The molecule has 1 aromatic heterocycles. The molecule has 4 rings (SSSR count). The quantitative estimate of drug-likeness (QED) is 0.808. The van der Waals surface area contributed by atoms with Crippen molar-refractivity contribution in [2.45, 2.75) is 24.8 Å². The molecule has 0 spiro atoms. The minimum Gasteiger partial charge on any atom is -0.378 e. The number of para-hydroxylation sites is 1. The second kappa shape index (κ2) is 6.22. The molecule has 1 unspecified atom stereocenters. The van der Waals surface area contributed by atoms with Gasteiger partial charge in [0.2, 0.25) is 15.9 Å². The van der Waals surface area contributed by atoms with Crippen LogP contribution in [0, 0.1) is 5.92 Å². The van der Waals surface area contributed by atoms with Gasteiger partial charge in [0.05, 0.1) is 35.2 Å². The van der Waals surface area contributed by atoms with E-state index < -0.39 is 27.9 Å². The summed E-state index contributed by atoms with van der Waals surface area (Å²) in [6, 6.07) is 7.13. The van der Waals surface area contributed by atoms with Crippen molar-refractivity contribution >= 4 is 31.6 Å². The molecule has 0 bridgehead atoms. The van der Waals surface area contributed by atoms with E-state index in [1.165, 1.54) is 15.6 Å². The number of rotatable bonds is 4. The smallest absolute Gasteiger partial charge is 0.248 e. The Morgan fingerprint density at radius 2 is 2.08 bits per heavy atom. The summed E-state index contributed by atoms with van der Waals surface area (Å²) in [6.07, 6.45) is -0.690. The van der Waals surface area contributed by atoms with Gasteiger partial charge in [-0.2, -0.15) is 4.31 Å². The Balaban J connectivity index is 1.58. The number of morpholine rings is 1. The molecule has 1 aliphatic carbocycles. The molecule has 25 heavy (non-hydrogen) atoms. The van der Waals surface area contributed by atoms with E-state index in [4.69, 9.17) is 4.74 Å². The van der Waals surface area contributed by atoms with E-state index in [1.807, 2.05) is 24.3 Å². The summed E-state index contributed by atoms with van der Waals surface area (Å²) in [5, 5.41) is 0.684. The Morgan fingerprint density at radius 1 is 1.32 bits per heavy atom. The van der Waals surface area contributed by atoms with Gasteiger partial charge in [0.15, 0.2) is 0 Å². The van der Waals surface area contributed by atoms with Crippen molar-refractivity contribution in [1.29, 1.82) is 0 Å². The molecule has 136 valence electrons. The number of hydrogen-bond acceptors (Lipinski definition) is 5. The van der Waals surface area contributed by atoms with E-state index in [1.54, 1.807) is 0 Å². The predicted octanol–water partition coefficient (Wildman–Crippen LogP) is 3.04. The van der Waals surface area contributed by atoms with Gasteiger partial charge in [-0.05, 0) is 18.1 Å². The number of alkyl halides is 2. The molecule has 0 radical (unpaired) electrons. The van der Waals surface area contributed by atoms with Gasteiger partial charge in [0, 0.05) is 19.4 Å². The number of sulfonamides is 1. The van der Waals surface area contributed by atoms with E-state index in [0.717, 1.165) is 10.2 Å². The molecule has 2 fully saturated rings. The molecule has 2 aromatic rings. The number of ether oxygens (including phenoxy) is 1. The lowest BCUT2D eigenvalue weighted by atomic mass is 9.83. The van der Waals surface area contributed by atoms with Crippen LogP contribution in [0.5, 0.6) is 0 Å². The van der Waals surface area contributed by atoms with Crippen LogP contribution in [0.1, 0.15) is 23.9 Å². The zero-order valence-corrected chi connectivity index (χ0v) is 15.0. The Hall–Kier alpha value is -1.16. The van der Waals surface area contributed by atoms with Gasteiger partial charge in [-0.15, -0.1) is 11.3 Å². The molecule has 1 aliphatic heterocycles. The van der Waals surface area contributed by atoms with Gasteiger partial charge in [-0.3, -0.25) is 0 Å². The predicted molar refractivity (Wildman–Crippen MR) is 91.3 cm³/mol. The SMILES string of the molecule is O=S(=O)(CC1CC(F)(F)C1)N1CCOCC1c1nc2ccccc2s1. The number of hydrogen-bond donors (Lipinski definition) is 0. The summed E-state index contributed by atoms with van der Waals surface area (Å²) in [4.78, 5) is 4.55. The summed E-state index contributed by atoms with van der Waals surface area (Å²) in [7, 11) is -3.64. The van der Waals surface area contributed by atoms with Crippen molar-refractivity contribution < 1.29 is 21.9 Å². The van der Waals surface area contributed by atoms with Crippen LogP contribution in [0.4, 0.5) is 8.78 Å². The third kappa shape index (κ3) is 3.42. The zero-order valence-electron chi connectivity index (χ0n) is 13.4. The number of benzene rings is 1. The van der Waals surface area contributed by atoms with E-state index >= 15 is 0 Å². The second-order valence-electron chi connectivity index (χ2n) is 6.63. The normalized spacial score (nSPS) is 25.1. The van der Waals surface area contributed by atoms with Crippen LogP contribution in [0.2, 0.25) is 0 Å². The van der Waals surface area contributed by atoms with Crippen LogP contribution in [0.25, 0.3) is 10.2 Å². The molecule has 1 atom stereocenters. The average Bonchev–Trinajstić information content (AvgIpc) is 2.97. The summed E-state index contributed by atoms with van der Waals surface area (Å²) < 4.78 is 59.5. The molecule has 1 aromatic carbocycles. The highest BCUT2D eigenvalue weighted by molar-refractivity contribution is 7.89. The molecule has 1 saturated heterocycles. The standard InChI is InChI=1S/C16H18F2N2O3S2/c17-16(18)7-11(8-16)10-25(21,22)20-5-6-23-9-13(20)15-19-12-3-1-2-4-14(12)24-15/h1-4,11,13H,5-10H2. The molecule has 1 saturated carbocycles. The average molecular weight is 388 g/mol. The number of halogens is 2. The van der Waals surface area contributed by atoms with E-state index in [9.17, 15) is 17.2 Å². The Kier molecular flexibility index (Phi) is 4.30. The Bertz CT molecular complexity index is 843. The molecule has 9 heteroatoms. The fraction of sp³-hybridized carbons (Fsp3) is 0.562. The highest BCUT2D eigenvalue weighted by atomic mass is 32.2. The van der Waals surface area contributed by atoms with Crippen LogP contribution < -0.4 is 0 Å². The Labute approximate surface area is 148 Å². The second-order valence-corrected chi connectivity index (χ2v) is 9.66. The van der Waals surface area contributed by atoms with Crippen molar-refractivity contribution in [3.63, 3.8) is 0 Å². The van der Waals surface area contributed by atoms with Crippen molar-refractivity contribution in [2.75, 3.05) is 25.5 Å². The number of thiazole rings is 1. The van der Waals surface area contributed by atoms with E-state index in [2.05, 4.69) is 4.98 Å². The minimum atomic E-state index is -3.64. The summed E-state index contributed by atoms with van der Waals surface area (Å²) in [5.41, 5.74) is 0.823. The van der Waals surface area contributed by atoms with Crippen molar-refractivity contribution in [2.24, 2.45) is 5.92 Å². The third-order valence-corrected chi connectivity index (χ3v) is 7.84. The summed E-state index contributed by atoms with van der Waals surface area (Å²) >= 11 is 1.44. The minimum absolute atomic E-state index is 0.228. The van der Waals surface area contributed by atoms with Gasteiger partial charge < -0.3 is 4.74 Å². The van der Waals surface area contributed by atoms with Crippen LogP contribution in [0.3, 0.4) is 0 Å². The largest absolute Gasteiger partial charge is 0.378 e. The van der Waals surface area contributed by atoms with Gasteiger partial charge in [0.25, 0.3) is 0 Å². The van der Waals surface area contributed by atoms with Gasteiger partial charge >= 0.3 is 0 Å². The first kappa shape index (κ1) is 17.3. The maximum atomic E-state index is 13.0. The molecular weight excluding hydrogens is 370 g/mol. The third-order valence-electron chi connectivity index (χ3n) is 4.65. The summed E-state index contributed by atoms with van der Waals surface area (Å²) in [6.45, 7) is 0.771. The van der Waals surface area contributed by atoms with Crippen LogP contribution in [-0.4, -0.2) is 49.1 Å². The highest BCUT2D eigenvalue weighted by Crippen LogP contribution is 2.44. The van der Waals surface area contributed by atoms with Gasteiger partial charge in [-0.1, -0.05) is 12.1 Å². The lowest BCUT2D eigenvalue weighted by Crippen LogP contribution is -2.48. The molecule has 0 N–H and O–H groups in total. The highest BCUT2D eigenvalue weighted by Gasteiger charge is 2.48. The maximum Gasteiger partial charge on any atom is 0.248 e. The van der Waals surface area contributed by atoms with Gasteiger partial charge in [-0.25, -0.2) is 22.2 Å². The van der Waals surface area contributed by atoms with E-state index in [0.29, 0.717) is 11.6 Å². The fourth-order valence-corrected chi connectivity index (χ4v) is 6.50.